The van der Waals surface area contributed by atoms with Gasteiger partial charge >= 0.3 is 12.1 Å². The Morgan fingerprint density at radius 3 is 2.24 bits per heavy atom. The quantitative estimate of drug-likeness (QED) is 0.350. The molecular weight excluding hydrogens is 570 g/mol. The average molecular weight is 612 g/mol. The van der Waals surface area contributed by atoms with Crippen LogP contribution in [0.15, 0.2) is 72.8 Å². The number of fused-ring (bicyclic) bond motifs is 3. The molecule has 3 aromatic carbocycles. The number of hydrogen-bond donors (Lipinski definition) is 2. The summed E-state index contributed by atoms with van der Waals surface area (Å²) in [5, 5.41) is 12.7. The standard InChI is InChI=1S/C36H41N3O6/c1-35(2,3)30-19-24(9-14-29(30)33(41)42)21-44-28-12-10-26(11-13-28)32(40)39-22-36(23-39,27-7-5-4-6-8-27)37-34(43)45-31-20-38-17-15-25(31)16-18-38/h4-14,19,25,31H,15-18,20-23H2,1-3H3,(H,37,43)(H,41,42)/t31-/m0/s1. The fraction of sp³-hybridized carbons (Fsp3) is 0.417. The molecule has 4 aliphatic rings. The topological polar surface area (TPSA) is 108 Å². The number of carbonyl (C=O) groups excluding carboxylic acids is 2. The lowest BCUT2D eigenvalue weighted by Crippen LogP contribution is -2.69. The summed E-state index contributed by atoms with van der Waals surface area (Å²) in [6, 6.07) is 22.0. The number of aromatic carboxylic acids is 1. The molecule has 0 aromatic heterocycles. The van der Waals surface area contributed by atoms with Crippen molar-refractivity contribution in [1.82, 2.24) is 15.1 Å². The number of carboxylic acids is 1. The number of benzene rings is 3. The highest BCUT2D eigenvalue weighted by Gasteiger charge is 2.49. The first-order valence-corrected chi connectivity index (χ1v) is 15.7. The summed E-state index contributed by atoms with van der Waals surface area (Å²) in [5.41, 5.74) is 2.33. The number of piperidine rings is 3. The van der Waals surface area contributed by atoms with E-state index in [0.717, 1.165) is 49.2 Å². The Morgan fingerprint density at radius 2 is 1.64 bits per heavy atom. The monoisotopic (exact) mass is 611 g/mol. The van der Waals surface area contributed by atoms with Crippen molar-refractivity contribution >= 4 is 18.0 Å². The van der Waals surface area contributed by atoms with E-state index in [9.17, 15) is 19.5 Å². The number of hydrogen-bond acceptors (Lipinski definition) is 6. The minimum Gasteiger partial charge on any atom is -0.489 e. The maximum absolute atomic E-state index is 13.4. The number of likely N-dealkylation sites (tertiary alicyclic amines) is 1. The molecule has 0 aliphatic carbocycles. The van der Waals surface area contributed by atoms with Crippen LogP contribution in [0.25, 0.3) is 0 Å². The van der Waals surface area contributed by atoms with Gasteiger partial charge in [-0.25, -0.2) is 9.59 Å². The predicted octanol–water partition coefficient (Wildman–Crippen LogP) is 5.43. The Hall–Kier alpha value is -4.37. The van der Waals surface area contributed by atoms with Gasteiger partial charge in [-0.2, -0.15) is 0 Å². The molecule has 2 N–H and O–H groups in total. The molecule has 9 heteroatoms. The first-order chi connectivity index (χ1) is 21.5. The van der Waals surface area contributed by atoms with Gasteiger partial charge in [-0.1, -0.05) is 63.2 Å². The molecule has 0 unspecified atom stereocenters. The Kier molecular flexibility index (Phi) is 8.31. The molecule has 0 spiro atoms. The van der Waals surface area contributed by atoms with Gasteiger partial charge in [0.25, 0.3) is 5.91 Å². The summed E-state index contributed by atoms with van der Waals surface area (Å²) >= 11 is 0. The van der Waals surface area contributed by atoms with Crippen LogP contribution in [0.4, 0.5) is 4.79 Å². The Labute approximate surface area is 264 Å². The van der Waals surface area contributed by atoms with E-state index >= 15 is 0 Å². The smallest absolute Gasteiger partial charge is 0.408 e. The third-order valence-corrected chi connectivity index (χ3v) is 9.36. The zero-order valence-electron chi connectivity index (χ0n) is 26.1. The molecule has 4 heterocycles. The van der Waals surface area contributed by atoms with Crippen molar-refractivity contribution < 1.29 is 29.0 Å². The van der Waals surface area contributed by atoms with Gasteiger partial charge in [0.1, 0.15) is 24.0 Å². The van der Waals surface area contributed by atoms with Crippen molar-refractivity contribution in [2.45, 2.75) is 57.3 Å². The van der Waals surface area contributed by atoms with Crippen molar-refractivity contribution in [1.29, 1.82) is 0 Å². The van der Waals surface area contributed by atoms with Crippen LogP contribution in [-0.2, 0) is 22.3 Å². The molecule has 9 nitrogen and oxygen atoms in total. The second-order valence-corrected chi connectivity index (χ2v) is 13.6. The minimum absolute atomic E-state index is 0.0940. The van der Waals surface area contributed by atoms with Crippen LogP contribution in [0.2, 0.25) is 0 Å². The van der Waals surface area contributed by atoms with Crippen LogP contribution in [-0.4, -0.2) is 71.7 Å². The lowest BCUT2D eigenvalue weighted by molar-refractivity contribution is -0.0404. The third kappa shape index (κ3) is 6.54. The van der Waals surface area contributed by atoms with E-state index in [1.807, 2.05) is 57.2 Å². The number of nitrogens with zero attached hydrogens (tertiary/aromatic N) is 2. The Bertz CT molecular complexity index is 1550. The molecule has 4 aliphatic heterocycles. The van der Waals surface area contributed by atoms with Gasteiger partial charge < -0.3 is 24.8 Å². The van der Waals surface area contributed by atoms with E-state index in [0.29, 0.717) is 30.3 Å². The molecule has 236 valence electrons. The molecule has 1 atom stereocenters. The van der Waals surface area contributed by atoms with Gasteiger partial charge in [-0.05, 0) is 84.3 Å². The van der Waals surface area contributed by atoms with Gasteiger partial charge in [-0.15, -0.1) is 0 Å². The summed E-state index contributed by atoms with van der Waals surface area (Å²) in [7, 11) is 0. The van der Waals surface area contributed by atoms with Crippen LogP contribution in [0.1, 0.15) is 71.0 Å². The van der Waals surface area contributed by atoms with Gasteiger partial charge in [0.05, 0.1) is 18.7 Å². The number of ether oxygens (including phenoxy) is 2. The highest BCUT2D eigenvalue weighted by molar-refractivity contribution is 5.95. The summed E-state index contributed by atoms with van der Waals surface area (Å²) in [6.07, 6.45) is 1.60. The maximum atomic E-state index is 13.4. The number of amides is 2. The van der Waals surface area contributed by atoms with E-state index in [2.05, 4.69) is 10.2 Å². The molecule has 4 fully saturated rings. The normalized spacial score (nSPS) is 21.8. The van der Waals surface area contributed by atoms with E-state index in [4.69, 9.17) is 9.47 Å². The Balaban J connectivity index is 1.08. The van der Waals surface area contributed by atoms with Crippen molar-refractivity contribution in [3.05, 3.63) is 101 Å². The second-order valence-electron chi connectivity index (χ2n) is 13.6. The number of nitrogens with one attached hydrogen (secondary N) is 1. The zero-order chi connectivity index (χ0) is 31.8. The minimum atomic E-state index is -0.948. The predicted molar refractivity (Wildman–Crippen MR) is 169 cm³/mol. The summed E-state index contributed by atoms with van der Waals surface area (Å²) < 4.78 is 11.9. The third-order valence-electron chi connectivity index (χ3n) is 9.36. The molecule has 2 bridgehead atoms. The zero-order valence-corrected chi connectivity index (χ0v) is 26.1. The van der Waals surface area contributed by atoms with Crippen molar-refractivity contribution in [3.8, 4) is 5.75 Å². The summed E-state index contributed by atoms with van der Waals surface area (Å²) in [5.74, 6) is -0.0559. The second kappa shape index (κ2) is 12.2. The van der Waals surface area contributed by atoms with E-state index in [1.165, 1.54) is 0 Å². The van der Waals surface area contributed by atoms with Gasteiger partial charge in [0, 0.05) is 12.1 Å². The molecule has 0 saturated carbocycles. The van der Waals surface area contributed by atoms with Crippen molar-refractivity contribution in [3.63, 3.8) is 0 Å². The van der Waals surface area contributed by atoms with Gasteiger partial charge in [0.2, 0.25) is 0 Å². The van der Waals surface area contributed by atoms with Gasteiger partial charge in [-0.3, -0.25) is 9.69 Å². The van der Waals surface area contributed by atoms with Crippen LogP contribution in [0, 0.1) is 5.92 Å². The fourth-order valence-corrected chi connectivity index (χ4v) is 6.78. The largest absolute Gasteiger partial charge is 0.489 e. The summed E-state index contributed by atoms with van der Waals surface area (Å²) in [4.78, 5) is 42.3. The SMILES string of the molecule is CC(C)(C)c1cc(COc2ccc(C(=O)N3CC(NC(=O)O[C@H]4CN5CCC4CC5)(c4ccccc4)C3)cc2)ccc1C(=O)O. The number of carboxylic acid groups (broad SMARTS) is 1. The Morgan fingerprint density at radius 1 is 0.956 bits per heavy atom. The van der Waals surface area contributed by atoms with E-state index in [1.54, 1.807) is 41.3 Å². The van der Waals surface area contributed by atoms with Gasteiger partial charge in [0.15, 0.2) is 0 Å². The molecule has 45 heavy (non-hydrogen) atoms. The molecule has 2 amide bonds. The molecule has 4 saturated heterocycles. The maximum Gasteiger partial charge on any atom is 0.408 e. The van der Waals surface area contributed by atoms with E-state index < -0.39 is 17.6 Å². The van der Waals surface area contributed by atoms with Crippen LogP contribution in [0.5, 0.6) is 5.75 Å². The van der Waals surface area contributed by atoms with Crippen molar-refractivity contribution in [2.75, 3.05) is 32.7 Å². The number of carbonyl (C=O) groups is 3. The highest BCUT2D eigenvalue weighted by Crippen LogP contribution is 2.35. The fourth-order valence-electron chi connectivity index (χ4n) is 6.78. The molecule has 0 radical (unpaired) electrons. The van der Waals surface area contributed by atoms with Crippen LogP contribution in [0.3, 0.4) is 0 Å². The lowest BCUT2D eigenvalue weighted by Gasteiger charge is -2.51. The van der Waals surface area contributed by atoms with E-state index in [-0.39, 0.29) is 29.6 Å². The lowest BCUT2D eigenvalue weighted by atomic mass is 9.82. The van der Waals surface area contributed by atoms with Crippen LogP contribution >= 0.6 is 0 Å². The first kappa shape index (κ1) is 30.6. The molecule has 3 aromatic rings. The summed E-state index contributed by atoms with van der Waals surface area (Å²) in [6.45, 7) is 9.83. The number of alkyl carbamates (subject to hydrolysis) is 1. The molecule has 7 rings (SSSR count). The highest BCUT2D eigenvalue weighted by atomic mass is 16.6. The average Bonchev–Trinajstić information content (AvgIpc) is 3.02. The first-order valence-electron chi connectivity index (χ1n) is 15.7. The van der Waals surface area contributed by atoms with Crippen LogP contribution < -0.4 is 10.1 Å². The number of rotatable bonds is 8. The van der Waals surface area contributed by atoms with Crippen molar-refractivity contribution in [2.24, 2.45) is 5.92 Å². The molecular formula is C36H41N3O6.